The van der Waals surface area contributed by atoms with Crippen molar-refractivity contribution in [2.75, 3.05) is 19.0 Å². The van der Waals surface area contributed by atoms with Crippen LogP contribution in [0.5, 0.6) is 5.75 Å². The highest BCUT2D eigenvalue weighted by Crippen LogP contribution is 2.19. The molecule has 0 atom stereocenters. The summed E-state index contributed by atoms with van der Waals surface area (Å²) in [6.45, 7) is -0.0109. The van der Waals surface area contributed by atoms with Gasteiger partial charge in [0.1, 0.15) is 17.7 Å². The minimum absolute atomic E-state index is 0.0109. The van der Waals surface area contributed by atoms with E-state index >= 15 is 0 Å². The molecule has 0 spiro atoms. The maximum absolute atomic E-state index is 12.1. The first-order valence-corrected chi connectivity index (χ1v) is 6.23. The number of carbonyl (C=O) groups excluding carboxylic acids is 1. The van der Waals surface area contributed by atoms with Crippen LogP contribution in [0.1, 0.15) is 22.3 Å². The predicted octanol–water partition coefficient (Wildman–Crippen LogP) is 1.67. The van der Waals surface area contributed by atoms with Crippen LogP contribution in [0.2, 0.25) is 0 Å². The van der Waals surface area contributed by atoms with Gasteiger partial charge in [0.2, 0.25) is 0 Å². The van der Waals surface area contributed by atoms with Crippen molar-refractivity contribution in [2.24, 2.45) is 0 Å². The third kappa shape index (κ3) is 3.84. The van der Waals surface area contributed by atoms with Crippen LogP contribution in [0.15, 0.2) is 35.2 Å². The van der Waals surface area contributed by atoms with Gasteiger partial charge in [0.25, 0.3) is 5.91 Å². The van der Waals surface area contributed by atoms with Gasteiger partial charge in [-0.3, -0.25) is 4.79 Å². The minimum atomic E-state index is -0.300. The maximum atomic E-state index is 12.1. The number of ether oxygens (including phenoxy) is 1. The summed E-state index contributed by atoms with van der Waals surface area (Å²) < 4.78 is 9.84. The van der Waals surface area contributed by atoms with Gasteiger partial charge < -0.3 is 19.7 Å². The molecule has 1 amide bonds. The van der Waals surface area contributed by atoms with E-state index in [-0.39, 0.29) is 12.5 Å². The molecule has 0 unspecified atom stereocenters. The van der Waals surface area contributed by atoms with Crippen molar-refractivity contribution in [3.05, 3.63) is 41.8 Å². The summed E-state index contributed by atoms with van der Waals surface area (Å²) in [6.07, 6.45) is 3.10. The standard InChI is InChI=1S/C15H14N2O4/c1-20-14-6-5-12(8-11(14)4-2-3-7-18)15(19)17-13-9-16-21-10-13/h5-6,8-10,18H,3,7H2,1H3,(H,17,19). The van der Waals surface area contributed by atoms with Crippen LogP contribution in [0, 0.1) is 11.8 Å². The zero-order chi connectivity index (χ0) is 15.1. The molecule has 0 saturated heterocycles. The molecule has 0 aliphatic carbocycles. The molecular formula is C15H14N2O4. The zero-order valence-corrected chi connectivity index (χ0v) is 11.4. The molecule has 6 heteroatoms. The van der Waals surface area contributed by atoms with Gasteiger partial charge in [-0.05, 0) is 18.2 Å². The molecule has 0 aliphatic heterocycles. The average Bonchev–Trinajstić information content (AvgIpc) is 3.00. The smallest absolute Gasteiger partial charge is 0.255 e. The van der Waals surface area contributed by atoms with Crippen LogP contribution >= 0.6 is 0 Å². The second-order valence-corrected chi connectivity index (χ2v) is 4.06. The number of aromatic nitrogens is 1. The van der Waals surface area contributed by atoms with Crippen LogP contribution < -0.4 is 10.1 Å². The van der Waals surface area contributed by atoms with Crippen LogP contribution in [0.4, 0.5) is 5.69 Å². The number of benzene rings is 1. The Balaban J connectivity index is 2.22. The zero-order valence-electron chi connectivity index (χ0n) is 11.4. The van der Waals surface area contributed by atoms with Crippen LogP contribution in [0.25, 0.3) is 0 Å². The first-order chi connectivity index (χ1) is 10.2. The molecule has 0 bridgehead atoms. The fraction of sp³-hybridized carbons (Fsp3) is 0.200. The third-order valence-electron chi connectivity index (χ3n) is 2.61. The molecule has 1 aromatic carbocycles. The molecule has 0 fully saturated rings. The summed E-state index contributed by atoms with van der Waals surface area (Å²) in [5, 5.41) is 14.9. The number of nitrogens with one attached hydrogen (secondary N) is 1. The van der Waals surface area contributed by atoms with E-state index in [1.807, 2.05) is 0 Å². The Bertz CT molecular complexity index is 669. The number of amides is 1. The average molecular weight is 286 g/mol. The number of nitrogens with zero attached hydrogens (tertiary/aromatic N) is 1. The Morgan fingerprint density at radius 1 is 1.52 bits per heavy atom. The number of anilines is 1. The fourth-order valence-electron chi connectivity index (χ4n) is 1.63. The monoisotopic (exact) mass is 286 g/mol. The number of aliphatic hydroxyl groups excluding tert-OH is 1. The summed E-state index contributed by atoms with van der Waals surface area (Å²) >= 11 is 0. The number of hydrogen-bond donors (Lipinski definition) is 2. The Hall–Kier alpha value is -2.78. The van der Waals surface area contributed by atoms with Gasteiger partial charge >= 0.3 is 0 Å². The number of carbonyl (C=O) groups is 1. The predicted molar refractivity (Wildman–Crippen MR) is 76.0 cm³/mol. The molecule has 2 rings (SSSR count). The number of aliphatic hydroxyl groups is 1. The molecule has 21 heavy (non-hydrogen) atoms. The Kier molecular flexibility index (Phi) is 4.96. The normalized spacial score (nSPS) is 9.62. The molecule has 2 aromatic rings. The lowest BCUT2D eigenvalue weighted by Gasteiger charge is -2.06. The highest BCUT2D eigenvalue weighted by atomic mass is 16.5. The number of methoxy groups -OCH3 is 1. The van der Waals surface area contributed by atoms with Crippen molar-refractivity contribution in [1.29, 1.82) is 0 Å². The topological polar surface area (TPSA) is 84.6 Å². The van der Waals surface area contributed by atoms with Gasteiger partial charge in [-0.15, -0.1) is 0 Å². The van der Waals surface area contributed by atoms with Crippen molar-refractivity contribution in [2.45, 2.75) is 6.42 Å². The van der Waals surface area contributed by atoms with Crippen LogP contribution in [-0.4, -0.2) is 29.9 Å². The van der Waals surface area contributed by atoms with E-state index < -0.39 is 0 Å². The summed E-state index contributed by atoms with van der Waals surface area (Å²) in [5.41, 5.74) is 1.50. The van der Waals surface area contributed by atoms with Crippen molar-refractivity contribution in [3.63, 3.8) is 0 Å². The molecule has 0 saturated carbocycles. The third-order valence-corrected chi connectivity index (χ3v) is 2.61. The Labute approximate surface area is 121 Å². The highest BCUT2D eigenvalue weighted by molar-refractivity contribution is 6.04. The summed E-state index contributed by atoms with van der Waals surface area (Å²) in [7, 11) is 1.53. The molecule has 108 valence electrons. The lowest BCUT2D eigenvalue weighted by Crippen LogP contribution is -2.11. The van der Waals surface area contributed by atoms with Crippen molar-refractivity contribution in [3.8, 4) is 17.6 Å². The first kappa shape index (κ1) is 14.6. The lowest BCUT2D eigenvalue weighted by molar-refractivity contribution is 0.102. The summed E-state index contributed by atoms with van der Waals surface area (Å²) in [4.78, 5) is 12.1. The van der Waals surface area contributed by atoms with Gasteiger partial charge in [0.15, 0.2) is 0 Å². The van der Waals surface area contributed by atoms with E-state index in [4.69, 9.17) is 9.84 Å². The van der Waals surface area contributed by atoms with E-state index in [1.54, 1.807) is 18.2 Å². The van der Waals surface area contributed by atoms with E-state index in [9.17, 15) is 4.79 Å². The highest BCUT2D eigenvalue weighted by Gasteiger charge is 2.10. The molecule has 1 aromatic heterocycles. The SMILES string of the molecule is COc1ccc(C(=O)Nc2cnoc2)cc1C#CCCO. The molecule has 0 aliphatic rings. The van der Waals surface area contributed by atoms with Gasteiger partial charge in [-0.1, -0.05) is 17.0 Å². The molecule has 0 radical (unpaired) electrons. The molecule has 6 nitrogen and oxygen atoms in total. The van der Waals surface area contributed by atoms with Crippen molar-refractivity contribution >= 4 is 11.6 Å². The second-order valence-electron chi connectivity index (χ2n) is 4.06. The number of hydrogen-bond acceptors (Lipinski definition) is 5. The maximum Gasteiger partial charge on any atom is 0.255 e. The fourth-order valence-corrected chi connectivity index (χ4v) is 1.63. The summed E-state index contributed by atoms with van der Waals surface area (Å²) in [5.74, 6) is 5.95. The van der Waals surface area contributed by atoms with Crippen molar-refractivity contribution < 1.29 is 19.2 Å². The van der Waals surface area contributed by atoms with Crippen LogP contribution in [0.3, 0.4) is 0 Å². The second kappa shape index (κ2) is 7.12. The molecule has 2 N–H and O–H groups in total. The Morgan fingerprint density at radius 3 is 3.05 bits per heavy atom. The number of rotatable bonds is 4. The van der Waals surface area contributed by atoms with Crippen molar-refractivity contribution in [1.82, 2.24) is 5.16 Å². The van der Waals surface area contributed by atoms with E-state index in [2.05, 4.69) is 26.8 Å². The minimum Gasteiger partial charge on any atom is -0.495 e. The van der Waals surface area contributed by atoms with E-state index in [0.717, 1.165) is 0 Å². The Morgan fingerprint density at radius 2 is 2.38 bits per heavy atom. The van der Waals surface area contributed by atoms with E-state index in [1.165, 1.54) is 19.6 Å². The van der Waals surface area contributed by atoms with E-state index in [0.29, 0.717) is 29.0 Å². The van der Waals surface area contributed by atoms with Gasteiger partial charge in [0, 0.05) is 12.0 Å². The van der Waals surface area contributed by atoms with Gasteiger partial charge in [-0.25, -0.2) is 0 Å². The largest absolute Gasteiger partial charge is 0.495 e. The van der Waals surface area contributed by atoms with Crippen LogP contribution in [-0.2, 0) is 0 Å². The quantitative estimate of drug-likeness (QED) is 0.835. The molecule has 1 heterocycles. The van der Waals surface area contributed by atoms with Gasteiger partial charge in [-0.2, -0.15) is 0 Å². The van der Waals surface area contributed by atoms with Gasteiger partial charge in [0.05, 0.1) is 25.5 Å². The first-order valence-electron chi connectivity index (χ1n) is 6.23. The lowest BCUT2D eigenvalue weighted by atomic mass is 10.1. The molecular weight excluding hydrogens is 272 g/mol. The summed E-state index contributed by atoms with van der Waals surface area (Å²) in [6, 6.07) is 4.94.